The van der Waals surface area contributed by atoms with E-state index in [2.05, 4.69) is 0 Å². The second-order valence-electron chi connectivity index (χ2n) is 5.82. The van der Waals surface area contributed by atoms with Crippen molar-refractivity contribution < 1.29 is 13.2 Å². The minimum atomic E-state index is -3.43. The molecule has 2 aromatic rings. The largest absolute Gasteiger partial charge is 0.295 e. The van der Waals surface area contributed by atoms with Gasteiger partial charge in [-0.15, -0.1) is 0 Å². The number of Topliss-reactive ketones (excluding diaryl/α,β-unsaturated/α-hetero) is 1. The zero-order valence-electron chi connectivity index (χ0n) is 13.0. The first-order valence-electron chi connectivity index (χ1n) is 7.65. The quantitative estimate of drug-likeness (QED) is 0.810. The molecule has 0 unspecified atom stereocenters. The SMILES string of the molecule is CC(=O)c1ccc2c(c1)CCCN2S(=O)(=O)Cc1ccccc1. The van der Waals surface area contributed by atoms with Crippen LogP contribution in [0.15, 0.2) is 48.5 Å². The summed E-state index contributed by atoms with van der Waals surface area (Å²) in [4.78, 5) is 11.5. The smallest absolute Gasteiger partial charge is 0.239 e. The number of nitrogens with zero attached hydrogens (tertiary/aromatic N) is 1. The van der Waals surface area contributed by atoms with Gasteiger partial charge in [0.25, 0.3) is 0 Å². The predicted octanol–water partition coefficient (Wildman–Crippen LogP) is 3.17. The van der Waals surface area contributed by atoms with Crippen molar-refractivity contribution in [2.24, 2.45) is 0 Å². The Bertz CT molecular complexity index is 829. The van der Waals surface area contributed by atoms with Gasteiger partial charge in [0.05, 0.1) is 11.4 Å². The van der Waals surface area contributed by atoms with Gasteiger partial charge in [-0.2, -0.15) is 0 Å². The minimum absolute atomic E-state index is 0.00272. The number of ketones is 1. The number of carbonyl (C=O) groups excluding carboxylic acids is 1. The molecule has 0 radical (unpaired) electrons. The Labute approximate surface area is 136 Å². The molecule has 0 spiro atoms. The van der Waals surface area contributed by atoms with Gasteiger partial charge in [0.2, 0.25) is 10.0 Å². The van der Waals surface area contributed by atoms with Gasteiger partial charge in [-0.1, -0.05) is 30.3 Å². The summed E-state index contributed by atoms with van der Waals surface area (Å²) in [6, 6.07) is 14.5. The van der Waals surface area contributed by atoms with E-state index < -0.39 is 10.0 Å². The van der Waals surface area contributed by atoms with E-state index in [1.807, 2.05) is 36.4 Å². The molecule has 2 aromatic carbocycles. The van der Waals surface area contributed by atoms with Crippen LogP contribution in [0.4, 0.5) is 5.69 Å². The highest BCUT2D eigenvalue weighted by atomic mass is 32.2. The van der Waals surface area contributed by atoms with Crippen LogP contribution in [0.3, 0.4) is 0 Å². The lowest BCUT2D eigenvalue weighted by atomic mass is 9.99. The second-order valence-corrected chi connectivity index (χ2v) is 7.71. The predicted molar refractivity (Wildman–Crippen MR) is 91.2 cm³/mol. The van der Waals surface area contributed by atoms with Gasteiger partial charge in [-0.05, 0) is 49.1 Å². The molecule has 0 bridgehead atoms. The Morgan fingerprint density at radius 3 is 2.57 bits per heavy atom. The summed E-state index contributed by atoms with van der Waals surface area (Å²) in [5, 5.41) is 0. The fourth-order valence-electron chi connectivity index (χ4n) is 2.93. The molecule has 0 saturated carbocycles. The van der Waals surface area contributed by atoms with Crippen molar-refractivity contribution in [2.45, 2.75) is 25.5 Å². The number of sulfonamides is 1. The maximum absolute atomic E-state index is 12.8. The second kappa shape index (κ2) is 6.16. The maximum Gasteiger partial charge on any atom is 0.239 e. The van der Waals surface area contributed by atoms with Gasteiger partial charge in [0.1, 0.15) is 0 Å². The van der Waals surface area contributed by atoms with E-state index in [9.17, 15) is 13.2 Å². The molecule has 0 fully saturated rings. The van der Waals surface area contributed by atoms with E-state index >= 15 is 0 Å². The molecular formula is C18H19NO3S. The average molecular weight is 329 g/mol. The summed E-state index contributed by atoms with van der Waals surface area (Å²) in [5.41, 5.74) is 3.05. The monoisotopic (exact) mass is 329 g/mol. The van der Waals surface area contributed by atoms with Crippen LogP contribution in [0.1, 0.15) is 34.8 Å². The first kappa shape index (κ1) is 15.7. The third-order valence-electron chi connectivity index (χ3n) is 4.09. The van der Waals surface area contributed by atoms with E-state index in [0.29, 0.717) is 17.8 Å². The van der Waals surface area contributed by atoms with Crippen LogP contribution in [-0.4, -0.2) is 20.7 Å². The van der Waals surface area contributed by atoms with Crippen LogP contribution < -0.4 is 4.31 Å². The number of hydrogen-bond donors (Lipinski definition) is 0. The third-order valence-corrected chi connectivity index (χ3v) is 5.84. The van der Waals surface area contributed by atoms with Gasteiger partial charge >= 0.3 is 0 Å². The van der Waals surface area contributed by atoms with Gasteiger partial charge in [-0.25, -0.2) is 8.42 Å². The van der Waals surface area contributed by atoms with Crippen LogP contribution in [0.2, 0.25) is 0 Å². The number of benzene rings is 2. The number of aryl methyl sites for hydroxylation is 1. The Kier molecular flexibility index (Phi) is 4.22. The Morgan fingerprint density at radius 1 is 1.13 bits per heavy atom. The van der Waals surface area contributed by atoms with Crippen molar-refractivity contribution in [3.05, 3.63) is 65.2 Å². The zero-order valence-corrected chi connectivity index (χ0v) is 13.8. The summed E-state index contributed by atoms with van der Waals surface area (Å²) >= 11 is 0. The number of anilines is 1. The Morgan fingerprint density at radius 2 is 1.87 bits per heavy atom. The van der Waals surface area contributed by atoms with Crippen LogP contribution in [0.5, 0.6) is 0 Å². The van der Waals surface area contributed by atoms with Crippen molar-refractivity contribution in [3.8, 4) is 0 Å². The van der Waals surface area contributed by atoms with Crippen molar-refractivity contribution in [1.29, 1.82) is 0 Å². The summed E-state index contributed by atoms with van der Waals surface area (Å²) < 4.78 is 27.1. The van der Waals surface area contributed by atoms with E-state index in [-0.39, 0.29) is 11.5 Å². The fourth-order valence-corrected chi connectivity index (χ4v) is 4.59. The molecule has 1 aliphatic rings. The topological polar surface area (TPSA) is 54.5 Å². The van der Waals surface area contributed by atoms with Gasteiger partial charge in [0.15, 0.2) is 5.78 Å². The normalized spacial score (nSPS) is 14.4. The first-order valence-corrected chi connectivity index (χ1v) is 9.26. The molecule has 0 saturated heterocycles. The molecule has 0 atom stereocenters. The van der Waals surface area contributed by atoms with Crippen molar-refractivity contribution in [3.63, 3.8) is 0 Å². The third kappa shape index (κ3) is 3.29. The Hall–Kier alpha value is -2.14. The summed E-state index contributed by atoms with van der Waals surface area (Å²) in [5.74, 6) is -0.0149. The van der Waals surface area contributed by atoms with E-state index in [1.54, 1.807) is 12.1 Å². The number of fused-ring (bicyclic) bond motifs is 1. The van der Waals surface area contributed by atoms with Gasteiger partial charge in [0, 0.05) is 12.1 Å². The molecule has 0 aliphatic carbocycles. The molecule has 3 rings (SSSR count). The van der Waals surface area contributed by atoms with Gasteiger partial charge < -0.3 is 0 Å². The molecule has 0 aromatic heterocycles. The first-order chi connectivity index (χ1) is 11.0. The number of hydrogen-bond acceptors (Lipinski definition) is 3. The van der Waals surface area contributed by atoms with E-state index in [1.165, 1.54) is 11.2 Å². The number of rotatable bonds is 4. The fraction of sp³-hybridized carbons (Fsp3) is 0.278. The van der Waals surface area contributed by atoms with Crippen LogP contribution in [0, 0.1) is 0 Å². The van der Waals surface area contributed by atoms with Gasteiger partial charge in [-0.3, -0.25) is 9.10 Å². The molecule has 23 heavy (non-hydrogen) atoms. The van der Waals surface area contributed by atoms with Crippen molar-refractivity contribution >= 4 is 21.5 Å². The highest BCUT2D eigenvalue weighted by Crippen LogP contribution is 2.31. The van der Waals surface area contributed by atoms with E-state index in [0.717, 1.165) is 24.0 Å². The molecule has 0 N–H and O–H groups in total. The molecule has 120 valence electrons. The average Bonchev–Trinajstić information content (AvgIpc) is 2.54. The molecule has 1 aliphatic heterocycles. The van der Waals surface area contributed by atoms with Crippen LogP contribution >= 0.6 is 0 Å². The minimum Gasteiger partial charge on any atom is -0.295 e. The highest BCUT2D eigenvalue weighted by molar-refractivity contribution is 7.92. The highest BCUT2D eigenvalue weighted by Gasteiger charge is 2.27. The molecular weight excluding hydrogens is 310 g/mol. The summed E-state index contributed by atoms with van der Waals surface area (Å²) in [6.45, 7) is 2.01. The van der Waals surface area contributed by atoms with Crippen molar-refractivity contribution in [1.82, 2.24) is 0 Å². The maximum atomic E-state index is 12.8. The number of carbonyl (C=O) groups is 1. The molecule has 5 heteroatoms. The summed E-state index contributed by atoms with van der Waals surface area (Å²) in [6.07, 6.45) is 1.57. The molecule has 4 nitrogen and oxygen atoms in total. The van der Waals surface area contributed by atoms with Crippen molar-refractivity contribution in [2.75, 3.05) is 10.8 Å². The van der Waals surface area contributed by atoms with E-state index in [4.69, 9.17) is 0 Å². The lowest BCUT2D eigenvalue weighted by Gasteiger charge is -2.30. The summed E-state index contributed by atoms with van der Waals surface area (Å²) in [7, 11) is -3.43. The zero-order chi connectivity index (χ0) is 16.4. The van der Waals surface area contributed by atoms with Crippen LogP contribution in [-0.2, 0) is 22.2 Å². The molecule has 1 heterocycles. The lowest BCUT2D eigenvalue weighted by Crippen LogP contribution is -2.36. The standard InChI is InChI=1S/C18H19NO3S/c1-14(20)16-9-10-18-17(12-16)8-5-11-19(18)23(21,22)13-15-6-3-2-4-7-15/h2-4,6-7,9-10,12H,5,8,11,13H2,1H3. The van der Waals surface area contributed by atoms with Crippen LogP contribution in [0.25, 0.3) is 0 Å². The molecule has 0 amide bonds. The Balaban J connectivity index is 1.94. The lowest BCUT2D eigenvalue weighted by molar-refractivity contribution is 0.101.